The third-order valence-electron chi connectivity index (χ3n) is 3.55. The molecule has 2 rings (SSSR count). The first-order chi connectivity index (χ1) is 9.63. The Kier molecular flexibility index (Phi) is 4.67. The summed E-state index contributed by atoms with van der Waals surface area (Å²) in [5.74, 6) is 3.32. The molecule has 0 saturated carbocycles. The molecule has 0 spiro atoms. The summed E-state index contributed by atoms with van der Waals surface area (Å²) in [4.78, 5) is 4.18. The van der Waals surface area contributed by atoms with E-state index in [0.29, 0.717) is 18.6 Å². The Bertz CT molecular complexity index is 521. The van der Waals surface area contributed by atoms with E-state index in [1.54, 1.807) is 7.05 Å². The molecule has 1 heterocycles. The Hall–Kier alpha value is -1.96. The van der Waals surface area contributed by atoms with Gasteiger partial charge in [0.15, 0.2) is 5.96 Å². The normalized spacial score (nSPS) is 18.6. The summed E-state index contributed by atoms with van der Waals surface area (Å²) >= 11 is 0. The van der Waals surface area contributed by atoms with Gasteiger partial charge in [-0.25, -0.2) is 0 Å². The van der Waals surface area contributed by atoms with Gasteiger partial charge in [-0.05, 0) is 32.3 Å². The maximum absolute atomic E-state index is 5.25. The van der Waals surface area contributed by atoms with Crippen molar-refractivity contribution in [2.24, 2.45) is 4.99 Å². The van der Waals surface area contributed by atoms with Crippen LogP contribution in [0.25, 0.3) is 0 Å². The summed E-state index contributed by atoms with van der Waals surface area (Å²) in [5.41, 5.74) is 2.58. The Balaban J connectivity index is 1.98. The fraction of sp³-hybridized carbons (Fsp3) is 0.600. The van der Waals surface area contributed by atoms with Crippen molar-refractivity contribution in [3.05, 3.63) is 17.5 Å². The zero-order valence-corrected chi connectivity index (χ0v) is 12.5. The molecule has 0 aromatic carbocycles. The lowest BCUT2D eigenvalue weighted by atomic mass is 9.94. The zero-order valence-electron chi connectivity index (χ0n) is 12.5. The van der Waals surface area contributed by atoms with Crippen LogP contribution < -0.4 is 10.6 Å². The lowest BCUT2D eigenvalue weighted by Crippen LogP contribution is -2.45. The molecule has 1 atom stereocenters. The van der Waals surface area contributed by atoms with E-state index in [-0.39, 0.29) is 0 Å². The second kappa shape index (κ2) is 6.47. The molecule has 0 radical (unpaired) electrons. The summed E-state index contributed by atoms with van der Waals surface area (Å²) in [6, 6.07) is 0.777. The van der Waals surface area contributed by atoms with E-state index in [2.05, 4.69) is 51.4 Å². The largest absolute Gasteiger partial charge is 0.353 e. The number of hydrogen-bond donors (Lipinski definition) is 2. The highest BCUT2D eigenvalue weighted by Crippen LogP contribution is 2.21. The topological polar surface area (TPSA) is 54.2 Å². The molecule has 108 valence electrons. The van der Waals surface area contributed by atoms with Crippen LogP contribution in [0.2, 0.25) is 0 Å². The highest BCUT2D eigenvalue weighted by atomic mass is 15.3. The third kappa shape index (κ3) is 3.32. The highest BCUT2D eigenvalue weighted by molar-refractivity contribution is 5.80. The molecule has 0 aliphatic heterocycles. The van der Waals surface area contributed by atoms with Crippen LogP contribution in [0.4, 0.5) is 0 Å². The number of terminal acetylenes is 1. The van der Waals surface area contributed by atoms with Gasteiger partial charge in [-0.3, -0.25) is 9.67 Å². The van der Waals surface area contributed by atoms with Gasteiger partial charge in [-0.1, -0.05) is 5.92 Å². The van der Waals surface area contributed by atoms with Crippen LogP contribution in [0.1, 0.15) is 37.6 Å². The van der Waals surface area contributed by atoms with Gasteiger partial charge in [0.2, 0.25) is 0 Å². The summed E-state index contributed by atoms with van der Waals surface area (Å²) in [6.45, 7) is 4.79. The van der Waals surface area contributed by atoms with Crippen molar-refractivity contribution in [1.29, 1.82) is 0 Å². The smallest absolute Gasteiger partial charge is 0.191 e. The molecule has 5 heteroatoms. The van der Waals surface area contributed by atoms with E-state index >= 15 is 0 Å². The number of fused-ring (bicyclic) bond motifs is 1. The number of aromatic nitrogens is 2. The number of nitrogens with zero attached hydrogens (tertiary/aromatic N) is 3. The number of aryl methyl sites for hydroxylation is 1. The Morgan fingerprint density at radius 2 is 2.45 bits per heavy atom. The number of guanidine groups is 1. The van der Waals surface area contributed by atoms with Crippen molar-refractivity contribution in [1.82, 2.24) is 20.4 Å². The maximum Gasteiger partial charge on any atom is 0.191 e. The predicted octanol–water partition coefficient (Wildman–Crippen LogP) is 1.12. The molecular weight excluding hydrogens is 250 g/mol. The monoisotopic (exact) mass is 273 g/mol. The lowest BCUT2D eigenvalue weighted by molar-refractivity contribution is 0.500. The molecule has 1 aromatic heterocycles. The first-order valence-corrected chi connectivity index (χ1v) is 7.11. The minimum Gasteiger partial charge on any atom is -0.353 e. The number of hydrogen-bond acceptors (Lipinski definition) is 2. The molecule has 0 fully saturated rings. The van der Waals surface area contributed by atoms with Gasteiger partial charge in [-0.15, -0.1) is 6.42 Å². The quantitative estimate of drug-likeness (QED) is 0.493. The fourth-order valence-corrected chi connectivity index (χ4v) is 2.42. The minimum atomic E-state index is 0.363. The molecule has 1 aliphatic carbocycles. The third-order valence-corrected chi connectivity index (χ3v) is 3.55. The van der Waals surface area contributed by atoms with Gasteiger partial charge in [0.05, 0.1) is 12.2 Å². The standard InChI is InChI=1S/C15H23N5/c1-5-8-17-15(16-4)18-13-7-6-12-10-20(11(2)3)19-14(12)9-13/h1,10-11,13H,6-9H2,2-4H3,(H2,16,17,18). The van der Waals surface area contributed by atoms with Gasteiger partial charge >= 0.3 is 0 Å². The van der Waals surface area contributed by atoms with Crippen molar-refractivity contribution >= 4 is 5.96 Å². The highest BCUT2D eigenvalue weighted by Gasteiger charge is 2.22. The van der Waals surface area contributed by atoms with E-state index in [1.165, 1.54) is 11.3 Å². The summed E-state index contributed by atoms with van der Waals surface area (Å²) < 4.78 is 2.05. The van der Waals surface area contributed by atoms with Crippen LogP contribution in [-0.2, 0) is 12.8 Å². The maximum atomic E-state index is 5.25. The minimum absolute atomic E-state index is 0.363. The molecular formula is C15H23N5. The molecule has 1 unspecified atom stereocenters. The Morgan fingerprint density at radius 1 is 1.65 bits per heavy atom. The zero-order chi connectivity index (χ0) is 14.5. The van der Waals surface area contributed by atoms with Crippen LogP contribution in [0, 0.1) is 12.3 Å². The second-order valence-corrected chi connectivity index (χ2v) is 5.39. The Labute approximate surface area is 120 Å². The van der Waals surface area contributed by atoms with Crippen molar-refractivity contribution in [3.63, 3.8) is 0 Å². The van der Waals surface area contributed by atoms with Crippen molar-refractivity contribution in [2.45, 2.75) is 45.2 Å². The molecule has 0 bridgehead atoms. The van der Waals surface area contributed by atoms with Gasteiger partial charge in [0.1, 0.15) is 0 Å². The number of rotatable bonds is 3. The summed E-state index contributed by atoms with van der Waals surface area (Å²) in [7, 11) is 1.76. The molecule has 0 saturated heterocycles. The van der Waals surface area contributed by atoms with Gasteiger partial charge in [0.25, 0.3) is 0 Å². The summed E-state index contributed by atoms with van der Waals surface area (Å²) in [5, 5.41) is 11.2. The van der Waals surface area contributed by atoms with Crippen LogP contribution >= 0.6 is 0 Å². The van der Waals surface area contributed by atoms with Crippen LogP contribution in [0.15, 0.2) is 11.2 Å². The summed E-state index contributed by atoms with van der Waals surface area (Å²) in [6.07, 6.45) is 10.5. The first-order valence-electron chi connectivity index (χ1n) is 7.11. The molecule has 1 aromatic rings. The van der Waals surface area contributed by atoms with Crippen molar-refractivity contribution < 1.29 is 0 Å². The first kappa shape index (κ1) is 14.4. The van der Waals surface area contributed by atoms with E-state index in [1.807, 2.05) is 0 Å². The Morgan fingerprint density at radius 3 is 3.10 bits per heavy atom. The number of nitrogens with one attached hydrogen (secondary N) is 2. The van der Waals surface area contributed by atoms with E-state index in [9.17, 15) is 0 Å². The lowest BCUT2D eigenvalue weighted by Gasteiger charge is -2.24. The predicted molar refractivity (Wildman–Crippen MR) is 81.8 cm³/mol. The van der Waals surface area contributed by atoms with Gasteiger partial charge in [0, 0.05) is 31.7 Å². The van der Waals surface area contributed by atoms with E-state index in [0.717, 1.165) is 25.2 Å². The number of aliphatic imine (C=N–C) groups is 1. The molecule has 0 amide bonds. The van der Waals surface area contributed by atoms with Crippen LogP contribution in [0.5, 0.6) is 0 Å². The molecule has 2 N–H and O–H groups in total. The average molecular weight is 273 g/mol. The molecule has 20 heavy (non-hydrogen) atoms. The SMILES string of the molecule is C#CCNC(=NC)NC1CCc2cn(C(C)C)nc2C1. The van der Waals surface area contributed by atoms with Gasteiger partial charge in [-0.2, -0.15) is 5.10 Å². The average Bonchev–Trinajstić information content (AvgIpc) is 2.86. The molecule has 5 nitrogen and oxygen atoms in total. The van der Waals surface area contributed by atoms with Crippen LogP contribution in [0.3, 0.4) is 0 Å². The van der Waals surface area contributed by atoms with E-state index < -0.39 is 0 Å². The van der Waals surface area contributed by atoms with Gasteiger partial charge < -0.3 is 10.6 Å². The van der Waals surface area contributed by atoms with Crippen molar-refractivity contribution in [2.75, 3.05) is 13.6 Å². The molecule has 1 aliphatic rings. The van der Waals surface area contributed by atoms with Crippen molar-refractivity contribution in [3.8, 4) is 12.3 Å². The van der Waals surface area contributed by atoms with E-state index in [4.69, 9.17) is 6.42 Å². The second-order valence-electron chi connectivity index (χ2n) is 5.39. The van der Waals surface area contributed by atoms with Crippen LogP contribution in [-0.4, -0.2) is 35.4 Å². The fourth-order valence-electron chi connectivity index (χ4n) is 2.42.